The van der Waals surface area contributed by atoms with Crippen molar-refractivity contribution in [2.75, 3.05) is 11.9 Å². The second-order valence-corrected chi connectivity index (χ2v) is 4.65. The van der Waals surface area contributed by atoms with Gasteiger partial charge in [0.05, 0.1) is 6.42 Å². The van der Waals surface area contributed by atoms with Gasteiger partial charge in [-0.25, -0.2) is 0 Å². The number of nitrogens with zero attached hydrogens (tertiary/aromatic N) is 1. The van der Waals surface area contributed by atoms with Gasteiger partial charge in [0.25, 0.3) is 5.91 Å². The fourth-order valence-electron chi connectivity index (χ4n) is 2.19. The molecule has 0 saturated carbocycles. The highest BCUT2D eigenvalue weighted by Gasteiger charge is 2.37. The number of carbonyl (C=O) groups is 2. The van der Waals surface area contributed by atoms with E-state index in [0.717, 1.165) is 17.7 Å². The first-order valence-electron chi connectivity index (χ1n) is 6.29. The van der Waals surface area contributed by atoms with Crippen LogP contribution in [0.1, 0.15) is 25.3 Å². The minimum atomic E-state index is -0.411. The Kier molecular flexibility index (Phi) is 3.65. The number of hydrogen-bond donors (Lipinski definition) is 1. The highest BCUT2D eigenvalue weighted by Crippen LogP contribution is 2.19. The lowest BCUT2D eigenvalue weighted by Gasteiger charge is -2.15. The van der Waals surface area contributed by atoms with Gasteiger partial charge in [0.1, 0.15) is 6.04 Å². The van der Waals surface area contributed by atoms with Gasteiger partial charge in [-0.1, -0.05) is 19.1 Å². The molecule has 96 valence electrons. The van der Waals surface area contributed by atoms with Crippen LogP contribution in [0.15, 0.2) is 24.3 Å². The Balaban J connectivity index is 2.07. The van der Waals surface area contributed by atoms with Crippen LogP contribution < -0.4 is 5.32 Å². The molecule has 4 nitrogen and oxygen atoms in total. The molecule has 1 aliphatic heterocycles. The highest BCUT2D eigenvalue weighted by atomic mass is 16.2. The van der Waals surface area contributed by atoms with Crippen molar-refractivity contribution in [3.05, 3.63) is 29.8 Å². The summed E-state index contributed by atoms with van der Waals surface area (Å²) in [6.45, 7) is 4.47. The van der Waals surface area contributed by atoms with Gasteiger partial charge < -0.3 is 5.32 Å². The molecule has 0 radical (unpaired) electrons. The summed E-state index contributed by atoms with van der Waals surface area (Å²) >= 11 is 0. The summed E-state index contributed by atoms with van der Waals surface area (Å²) in [4.78, 5) is 25.1. The molecular weight excluding hydrogens is 228 g/mol. The summed E-state index contributed by atoms with van der Waals surface area (Å²) in [5, 5.41) is 3.14. The number of rotatable bonds is 4. The van der Waals surface area contributed by atoms with Crippen LogP contribution in [-0.2, 0) is 9.59 Å². The third-order valence-electron chi connectivity index (χ3n) is 3.05. The SMILES string of the molecule is CCCN1C(=O)CC(Nc2cccc(C)c2)C1=O. The number of imide groups is 1. The summed E-state index contributed by atoms with van der Waals surface area (Å²) in [7, 11) is 0. The average molecular weight is 246 g/mol. The van der Waals surface area contributed by atoms with Crippen LogP contribution >= 0.6 is 0 Å². The van der Waals surface area contributed by atoms with Gasteiger partial charge in [-0.05, 0) is 31.0 Å². The Morgan fingerprint density at radius 1 is 1.39 bits per heavy atom. The van der Waals surface area contributed by atoms with E-state index in [1.54, 1.807) is 0 Å². The first-order valence-corrected chi connectivity index (χ1v) is 6.29. The van der Waals surface area contributed by atoms with Crippen LogP contribution in [0, 0.1) is 6.92 Å². The topological polar surface area (TPSA) is 49.4 Å². The van der Waals surface area contributed by atoms with Gasteiger partial charge in [0, 0.05) is 12.2 Å². The predicted octanol–water partition coefficient (Wildman–Crippen LogP) is 1.94. The second kappa shape index (κ2) is 5.21. The summed E-state index contributed by atoms with van der Waals surface area (Å²) in [6.07, 6.45) is 1.06. The zero-order valence-electron chi connectivity index (χ0n) is 10.8. The summed E-state index contributed by atoms with van der Waals surface area (Å²) in [5.41, 5.74) is 2.02. The molecule has 1 heterocycles. The van der Waals surface area contributed by atoms with Crippen molar-refractivity contribution < 1.29 is 9.59 Å². The van der Waals surface area contributed by atoms with Crippen molar-refractivity contribution in [2.45, 2.75) is 32.7 Å². The quantitative estimate of drug-likeness (QED) is 0.826. The van der Waals surface area contributed by atoms with E-state index >= 15 is 0 Å². The number of carbonyl (C=O) groups excluding carboxylic acids is 2. The molecule has 1 aromatic carbocycles. The van der Waals surface area contributed by atoms with Gasteiger partial charge in [-0.3, -0.25) is 14.5 Å². The first-order chi connectivity index (χ1) is 8.61. The van der Waals surface area contributed by atoms with Gasteiger partial charge >= 0.3 is 0 Å². The summed E-state index contributed by atoms with van der Waals surface area (Å²) in [6, 6.07) is 7.40. The number of amides is 2. The van der Waals surface area contributed by atoms with Crippen LogP contribution in [0.5, 0.6) is 0 Å². The Morgan fingerprint density at radius 2 is 2.17 bits per heavy atom. The molecule has 4 heteroatoms. The van der Waals surface area contributed by atoms with Crippen molar-refractivity contribution in [2.24, 2.45) is 0 Å². The fraction of sp³-hybridized carbons (Fsp3) is 0.429. The Bertz CT molecular complexity index is 471. The van der Waals surface area contributed by atoms with Crippen LogP contribution in [0.4, 0.5) is 5.69 Å². The van der Waals surface area contributed by atoms with Crippen LogP contribution in [0.3, 0.4) is 0 Å². The largest absolute Gasteiger partial charge is 0.373 e. The minimum absolute atomic E-state index is 0.0768. The third kappa shape index (κ3) is 2.53. The molecule has 1 aliphatic rings. The van der Waals surface area contributed by atoms with Crippen molar-refractivity contribution in [3.63, 3.8) is 0 Å². The molecule has 0 bridgehead atoms. The average Bonchev–Trinajstić information content (AvgIpc) is 2.57. The maximum Gasteiger partial charge on any atom is 0.252 e. The van der Waals surface area contributed by atoms with E-state index < -0.39 is 6.04 Å². The predicted molar refractivity (Wildman–Crippen MR) is 70.2 cm³/mol. The van der Waals surface area contributed by atoms with Gasteiger partial charge in [-0.15, -0.1) is 0 Å². The first kappa shape index (κ1) is 12.6. The fourth-order valence-corrected chi connectivity index (χ4v) is 2.19. The highest BCUT2D eigenvalue weighted by molar-refractivity contribution is 6.06. The Hall–Kier alpha value is -1.84. The van der Waals surface area contributed by atoms with E-state index in [4.69, 9.17) is 0 Å². The van der Waals surface area contributed by atoms with E-state index in [1.165, 1.54) is 4.90 Å². The van der Waals surface area contributed by atoms with Gasteiger partial charge in [-0.2, -0.15) is 0 Å². The van der Waals surface area contributed by atoms with E-state index in [2.05, 4.69) is 5.32 Å². The lowest BCUT2D eigenvalue weighted by molar-refractivity contribution is -0.138. The van der Waals surface area contributed by atoms with Crippen LogP contribution in [0.25, 0.3) is 0 Å². The van der Waals surface area contributed by atoms with E-state index in [1.807, 2.05) is 38.1 Å². The van der Waals surface area contributed by atoms with Crippen LogP contribution in [0.2, 0.25) is 0 Å². The molecular formula is C14H18N2O2. The smallest absolute Gasteiger partial charge is 0.252 e. The molecule has 2 rings (SSSR count). The molecule has 2 amide bonds. The number of hydrogen-bond acceptors (Lipinski definition) is 3. The maximum atomic E-state index is 12.0. The molecule has 1 aromatic rings. The number of aryl methyl sites for hydroxylation is 1. The van der Waals surface area contributed by atoms with Gasteiger partial charge in [0.15, 0.2) is 0 Å². The second-order valence-electron chi connectivity index (χ2n) is 4.65. The number of anilines is 1. The number of nitrogens with one attached hydrogen (secondary N) is 1. The van der Waals surface area contributed by atoms with Crippen molar-refractivity contribution >= 4 is 17.5 Å². The molecule has 0 spiro atoms. The van der Waals surface area contributed by atoms with Crippen molar-refractivity contribution in [1.29, 1.82) is 0 Å². The molecule has 1 saturated heterocycles. The Labute approximate surface area is 107 Å². The molecule has 18 heavy (non-hydrogen) atoms. The number of benzene rings is 1. The monoisotopic (exact) mass is 246 g/mol. The summed E-state index contributed by atoms with van der Waals surface area (Å²) in [5.74, 6) is -0.185. The lowest BCUT2D eigenvalue weighted by Crippen LogP contribution is -2.35. The van der Waals surface area contributed by atoms with E-state index in [0.29, 0.717) is 6.54 Å². The summed E-state index contributed by atoms with van der Waals surface area (Å²) < 4.78 is 0. The zero-order valence-corrected chi connectivity index (χ0v) is 10.8. The van der Waals surface area contributed by atoms with E-state index in [9.17, 15) is 9.59 Å². The molecule has 0 aliphatic carbocycles. The standard InChI is InChI=1S/C14H18N2O2/c1-3-7-16-13(17)9-12(14(16)18)15-11-6-4-5-10(2)8-11/h4-6,8,12,15H,3,7,9H2,1-2H3. The van der Waals surface area contributed by atoms with E-state index in [-0.39, 0.29) is 18.2 Å². The number of likely N-dealkylation sites (tertiary alicyclic amines) is 1. The van der Waals surface area contributed by atoms with Crippen molar-refractivity contribution in [1.82, 2.24) is 4.90 Å². The normalized spacial score (nSPS) is 19.4. The Morgan fingerprint density at radius 3 is 2.83 bits per heavy atom. The maximum absolute atomic E-state index is 12.0. The molecule has 1 fully saturated rings. The van der Waals surface area contributed by atoms with Crippen LogP contribution in [-0.4, -0.2) is 29.3 Å². The minimum Gasteiger partial charge on any atom is -0.373 e. The lowest BCUT2D eigenvalue weighted by atomic mass is 10.2. The molecule has 1 N–H and O–H groups in total. The zero-order chi connectivity index (χ0) is 13.1. The third-order valence-corrected chi connectivity index (χ3v) is 3.05. The molecule has 1 unspecified atom stereocenters. The van der Waals surface area contributed by atoms with Crippen molar-refractivity contribution in [3.8, 4) is 0 Å². The molecule has 1 atom stereocenters. The van der Waals surface area contributed by atoms with Gasteiger partial charge in [0.2, 0.25) is 5.91 Å². The molecule has 0 aromatic heterocycles.